The Morgan fingerprint density at radius 1 is 0.966 bits per heavy atom. The molecule has 0 bridgehead atoms. The van der Waals surface area contributed by atoms with E-state index in [1.54, 1.807) is 0 Å². The third-order valence-corrected chi connectivity index (χ3v) is 11.7. The van der Waals surface area contributed by atoms with E-state index in [0.717, 1.165) is 36.0 Å². The highest BCUT2D eigenvalue weighted by Gasteiger charge is 2.60. The Hall–Kier alpha value is -0.510. The normalized spacial score (nSPS) is 50.4. The molecule has 1 heterocycles. The highest BCUT2D eigenvalue weighted by atomic mass is 32.2. The molecule has 0 aromatic heterocycles. The van der Waals surface area contributed by atoms with E-state index < -0.39 is 0 Å². The molecule has 4 aliphatic carbocycles. The van der Waals surface area contributed by atoms with Crippen molar-refractivity contribution in [2.75, 3.05) is 0 Å². The summed E-state index contributed by atoms with van der Waals surface area (Å²) in [5.41, 5.74) is 1.06. The average Bonchev–Trinajstić information content (AvgIpc) is 3.19. The number of imide groups is 1. The maximum absolute atomic E-state index is 12.1. The number of carbonyl (C=O) groups is 2. The molecule has 29 heavy (non-hydrogen) atoms. The van der Waals surface area contributed by atoms with Crippen LogP contribution in [-0.4, -0.2) is 16.4 Å². The number of amides is 2. The fraction of sp³-hybridized carbons (Fsp3) is 0.920. The largest absolute Gasteiger partial charge is 0.286 e. The smallest absolute Gasteiger partial charge is 0.286 e. The van der Waals surface area contributed by atoms with Gasteiger partial charge in [-0.1, -0.05) is 45.4 Å². The molecule has 4 saturated carbocycles. The second kappa shape index (κ2) is 7.28. The fourth-order valence-electron chi connectivity index (χ4n) is 9.32. The Morgan fingerprint density at radius 2 is 1.76 bits per heavy atom. The van der Waals surface area contributed by atoms with Crippen LogP contribution in [0.1, 0.15) is 91.4 Å². The summed E-state index contributed by atoms with van der Waals surface area (Å²) < 4.78 is 0. The van der Waals surface area contributed by atoms with Gasteiger partial charge in [-0.2, -0.15) is 0 Å². The standard InChI is InChI=1S/C25H39NO2S/c1-15(14-21-22(27)26-23(28)29-21)18-9-10-19-17-8-7-16-6-4-5-12-24(16,2)20(17)11-13-25(18,19)3/h15-21H,4-14H2,1-3H3,(H,26,27,28)/t15-,16?,17?,18?,19?,20?,21?,24?,25?/m1/s1. The third-order valence-electron chi connectivity index (χ3n) is 10.7. The van der Waals surface area contributed by atoms with Crippen molar-refractivity contribution in [1.82, 2.24) is 5.32 Å². The summed E-state index contributed by atoms with van der Waals surface area (Å²) in [6, 6.07) is 0. The SMILES string of the molecule is C[C@H](CC1SC(=O)NC1=O)C1CCC2C3CCC4CCCCC4(C)C3CCC21C. The van der Waals surface area contributed by atoms with Gasteiger partial charge in [0, 0.05) is 0 Å². The van der Waals surface area contributed by atoms with Crippen LogP contribution in [0, 0.1) is 46.3 Å². The molecule has 5 aliphatic rings. The lowest BCUT2D eigenvalue weighted by Crippen LogP contribution is -2.53. The average molecular weight is 418 g/mol. The molecule has 0 aromatic carbocycles. The molecule has 9 atom stereocenters. The van der Waals surface area contributed by atoms with Gasteiger partial charge in [-0.25, -0.2) is 0 Å². The van der Waals surface area contributed by atoms with Crippen LogP contribution in [0.25, 0.3) is 0 Å². The first-order chi connectivity index (χ1) is 13.8. The molecule has 0 aromatic rings. The van der Waals surface area contributed by atoms with Crippen LogP contribution in [0.15, 0.2) is 0 Å². The Bertz CT molecular complexity index is 694. The number of hydrogen-bond acceptors (Lipinski definition) is 3. The van der Waals surface area contributed by atoms with Gasteiger partial charge in [0.1, 0.15) is 0 Å². The lowest BCUT2D eigenvalue weighted by Gasteiger charge is -2.61. The van der Waals surface area contributed by atoms with Gasteiger partial charge in [0.15, 0.2) is 0 Å². The maximum Gasteiger partial charge on any atom is 0.286 e. The Kier molecular flexibility index (Phi) is 5.12. The van der Waals surface area contributed by atoms with Crippen LogP contribution < -0.4 is 5.32 Å². The number of hydrogen-bond donors (Lipinski definition) is 1. The van der Waals surface area contributed by atoms with Gasteiger partial charge in [-0.3, -0.25) is 14.9 Å². The molecule has 1 saturated heterocycles. The first-order valence-electron chi connectivity index (χ1n) is 12.3. The van der Waals surface area contributed by atoms with Crippen LogP contribution in [0.4, 0.5) is 4.79 Å². The predicted molar refractivity (Wildman–Crippen MR) is 119 cm³/mol. The van der Waals surface area contributed by atoms with Crippen LogP contribution in [0.2, 0.25) is 0 Å². The predicted octanol–water partition coefficient (Wildman–Crippen LogP) is 6.41. The number of thioether (sulfide) groups is 1. The van der Waals surface area contributed by atoms with Crippen LogP contribution in [0.3, 0.4) is 0 Å². The van der Waals surface area contributed by atoms with E-state index in [4.69, 9.17) is 0 Å². The van der Waals surface area contributed by atoms with E-state index >= 15 is 0 Å². The minimum absolute atomic E-state index is 0.0567. The molecule has 3 nitrogen and oxygen atoms in total. The van der Waals surface area contributed by atoms with Gasteiger partial charge in [0.25, 0.3) is 5.24 Å². The molecule has 1 N–H and O–H groups in total. The Balaban J connectivity index is 1.32. The van der Waals surface area contributed by atoms with E-state index in [-0.39, 0.29) is 16.4 Å². The summed E-state index contributed by atoms with van der Waals surface area (Å²) in [5.74, 6) is 4.97. The lowest BCUT2D eigenvalue weighted by molar-refractivity contribution is -0.120. The fourth-order valence-corrected chi connectivity index (χ4v) is 10.3. The van der Waals surface area contributed by atoms with E-state index in [1.165, 1.54) is 76.0 Å². The Labute approximate surface area is 180 Å². The molecule has 5 fully saturated rings. The van der Waals surface area contributed by atoms with Gasteiger partial charge < -0.3 is 0 Å². The zero-order chi connectivity index (χ0) is 20.4. The second-order valence-corrected chi connectivity index (χ2v) is 12.9. The highest BCUT2D eigenvalue weighted by Crippen LogP contribution is 2.68. The summed E-state index contributed by atoms with van der Waals surface area (Å²) in [5, 5.41) is 2.17. The van der Waals surface area contributed by atoms with E-state index in [1.807, 2.05) is 0 Å². The van der Waals surface area contributed by atoms with E-state index in [2.05, 4.69) is 26.1 Å². The number of fused-ring (bicyclic) bond motifs is 5. The number of carbonyl (C=O) groups excluding carboxylic acids is 2. The van der Waals surface area contributed by atoms with E-state index in [0.29, 0.717) is 16.7 Å². The molecular formula is C25H39NO2S. The van der Waals surface area contributed by atoms with Crippen molar-refractivity contribution in [1.29, 1.82) is 0 Å². The van der Waals surface area contributed by atoms with Crippen molar-refractivity contribution in [2.24, 2.45) is 46.3 Å². The Morgan fingerprint density at radius 3 is 2.52 bits per heavy atom. The van der Waals surface area contributed by atoms with Crippen LogP contribution in [-0.2, 0) is 4.79 Å². The number of nitrogens with one attached hydrogen (secondary N) is 1. The molecule has 8 unspecified atom stereocenters. The molecule has 0 spiro atoms. The lowest BCUT2D eigenvalue weighted by atomic mass is 9.44. The quantitative estimate of drug-likeness (QED) is 0.577. The van der Waals surface area contributed by atoms with Crippen molar-refractivity contribution in [3.05, 3.63) is 0 Å². The minimum Gasteiger partial charge on any atom is -0.286 e. The van der Waals surface area contributed by atoms with Crippen molar-refractivity contribution in [2.45, 2.75) is 96.7 Å². The monoisotopic (exact) mass is 417 g/mol. The van der Waals surface area contributed by atoms with Crippen molar-refractivity contribution in [3.63, 3.8) is 0 Å². The molecule has 4 heteroatoms. The molecule has 162 valence electrons. The van der Waals surface area contributed by atoms with Crippen LogP contribution in [0.5, 0.6) is 0 Å². The molecular weight excluding hydrogens is 378 g/mol. The first-order valence-corrected chi connectivity index (χ1v) is 13.2. The van der Waals surface area contributed by atoms with Crippen LogP contribution >= 0.6 is 11.8 Å². The molecule has 1 aliphatic heterocycles. The van der Waals surface area contributed by atoms with Gasteiger partial charge in [0.2, 0.25) is 5.91 Å². The maximum atomic E-state index is 12.1. The van der Waals surface area contributed by atoms with Gasteiger partial charge in [0.05, 0.1) is 5.25 Å². The summed E-state index contributed by atoms with van der Waals surface area (Å²) in [4.78, 5) is 23.7. The minimum atomic E-state index is -0.159. The third kappa shape index (κ3) is 3.13. The second-order valence-electron chi connectivity index (χ2n) is 11.7. The molecule has 5 rings (SSSR count). The first kappa shape index (κ1) is 20.4. The zero-order valence-corrected chi connectivity index (χ0v) is 19.4. The van der Waals surface area contributed by atoms with Gasteiger partial charge in [-0.15, -0.1) is 0 Å². The zero-order valence-electron chi connectivity index (χ0n) is 18.5. The molecule has 2 amide bonds. The summed E-state index contributed by atoms with van der Waals surface area (Å²) in [6.07, 6.45) is 15.3. The summed E-state index contributed by atoms with van der Waals surface area (Å²) in [7, 11) is 0. The van der Waals surface area contributed by atoms with E-state index in [9.17, 15) is 9.59 Å². The molecule has 0 radical (unpaired) electrons. The highest BCUT2D eigenvalue weighted by molar-refractivity contribution is 8.15. The van der Waals surface area contributed by atoms with Crippen molar-refractivity contribution in [3.8, 4) is 0 Å². The number of rotatable bonds is 3. The van der Waals surface area contributed by atoms with Gasteiger partial charge >= 0.3 is 0 Å². The summed E-state index contributed by atoms with van der Waals surface area (Å²) in [6.45, 7) is 7.63. The van der Waals surface area contributed by atoms with Crippen molar-refractivity contribution >= 4 is 22.9 Å². The van der Waals surface area contributed by atoms with Crippen molar-refractivity contribution < 1.29 is 9.59 Å². The topological polar surface area (TPSA) is 46.2 Å². The summed E-state index contributed by atoms with van der Waals surface area (Å²) >= 11 is 1.22. The van der Waals surface area contributed by atoms with Gasteiger partial charge in [-0.05, 0) is 104 Å².